The van der Waals surface area contributed by atoms with Crippen molar-refractivity contribution in [3.05, 3.63) is 89.7 Å². The molecule has 0 spiro atoms. The highest BCUT2D eigenvalue weighted by Crippen LogP contribution is 2.13. The number of aryl methyl sites for hydroxylation is 1. The molecule has 0 atom stereocenters. The van der Waals surface area contributed by atoms with Crippen LogP contribution in [0.3, 0.4) is 0 Å². The molecular weight excluding hydrogens is 322 g/mol. The lowest BCUT2D eigenvalue weighted by molar-refractivity contribution is 0.102. The number of hydrogen-bond acceptors (Lipinski definition) is 3. The largest absolute Gasteiger partial charge is 0.385 e. The van der Waals surface area contributed by atoms with Gasteiger partial charge in [0.1, 0.15) is 5.69 Å². The van der Waals surface area contributed by atoms with E-state index in [0.29, 0.717) is 5.69 Å². The molecular formula is C22H23N3O. The third-order valence-electron chi connectivity index (χ3n) is 4.20. The fourth-order valence-electron chi connectivity index (χ4n) is 2.68. The summed E-state index contributed by atoms with van der Waals surface area (Å²) in [7, 11) is 0. The molecule has 2 aromatic carbocycles. The highest BCUT2D eigenvalue weighted by molar-refractivity contribution is 6.03. The number of carbonyl (C=O) groups is 1. The molecule has 0 aliphatic carbocycles. The minimum Gasteiger partial charge on any atom is -0.385 e. The molecule has 4 nitrogen and oxygen atoms in total. The molecule has 3 aromatic rings. The molecule has 1 aromatic heterocycles. The molecule has 0 unspecified atom stereocenters. The zero-order chi connectivity index (χ0) is 18.2. The summed E-state index contributed by atoms with van der Waals surface area (Å²) in [5, 5.41) is 6.24. The molecule has 1 heterocycles. The zero-order valence-electron chi connectivity index (χ0n) is 14.9. The summed E-state index contributed by atoms with van der Waals surface area (Å²) in [6.45, 7) is 2.90. The van der Waals surface area contributed by atoms with Gasteiger partial charge in [-0.05, 0) is 48.2 Å². The van der Waals surface area contributed by atoms with Crippen LogP contribution >= 0.6 is 0 Å². The van der Waals surface area contributed by atoms with Crippen molar-refractivity contribution in [2.45, 2.75) is 19.8 Å². The van der Waals surface area contributed by atoms with E-state index >= 15 is 0 Å². The van der Waals surface area contributed by atoms with Crippen LogP contribution in [0.5, 0.6) is 0 Å². The predicted molar refractivity (Wildman–Crippen MR) is 107 cm³/mol. The van der Waals surface area contributed by atoms with Gasteiger partial charge in [-0.2, -0.15) is 0 Å². The summed E-state index contributed by atoms with van der Waals surface area (Å²) >= 11 is 0. The Morgan fingerprint density at radius 2 is 1.69 bits per heavy atom. The summed E-state index contributed by atoms with van der Waals surface area (Å²) in [6, 6.07) is 21.8. The molecule has 0 saturated heterocycles. The van der Waals surface area contributed by atoms with Crippen LogP contribution in [0.4, 0.5) is 11.4 Å². The number of anilines is 2. The van der Waals surface area contributed by atoms with Crippen LogP contribution in [0.2, 0.25) is 0 Å². The Hall–Kier alpha value is -3.14. The van der Waals surface area contributed by atoms with E-state index in [1.54, 1.807) is 12.3 Å². The average Bonchev–Trinajstić information content (AvgIpc) is 2.69. The smallest absolute Gasteiger partial charge is 0.274 e. The molecule has 1 amide bonds. The van der Waals surface area contributed by atoms with Crippen LogP contribution in [0.15, 0.2) is 72.9 Å². The Labute approximate surface area is 154 Å². The van der Waals surface area contributed by atoms with E-state index in [2.05, 4.69) is 34.7 Å². The molecule has 0 fully saturated rings. The number of nitrogens with one attached hydrogen (secondary N) is 2. The van der Waals surface area contributed by atoms with Gasteiger partial charge in [0.25, 0.3) is 5.91 Å². The summed E-state index contributed by atoms with van der Waals surface area (Å²) in [6.07, 6.45) is 3.56. The summed E-state index contributed by atoms with van der Waals surface area (Å²) in [4.78, 5) is 16.6. The minimum absolute atomic E-state index is 0.207. The second kappa shape index (κ2) is 8.81. The van der Waals surface area contributed by atoms with Crippen molar-refractivity contribution in [3.8, 4) is 0 Å². The van der Waals surface area contributed by atoms with Crippen LogP contribution in [0.1, 0.15) is 28.5 Å². The first-order valence-electron chi connectivity index (χ1n) is 8.89. The Balaban J connectivity index is 1.57. The van der Waals surface area contributed by atoms with Gasteiger partial charge >= 0.3 is 0 Å². The van der Waals surface area contributed by atoms with Crippen molar-refractivity contribution >= 4 is 17.3 Å². The first-order chi connectivity index (χ1) is 12.7. The Kier molecular flexibility index (Phi) is 5.99. The van der Waals surface area contributed by atoms with Crippen molar-refractivity contribution in [3.63, 3.8) is 0 Å². The van der Waals surface area contributed by atoms with Gasteiger partial charge in [-0.15, -0.1) is 0 Å². The molecule has 4 heteroatoms. The Morgan fingerprint density at radius 1 is 0.923 bits per heavy atom. The monoisotopic (exact) mass is 345 g/mol. The second-order valence-electron chi connectivity index (χ2n) is 6.10. The van der Waals surface area contributed by atoms with Gasteiger partial charge in [-0.25, -0.2) is 0 Å². The summed E-state index contributed by atoms with van der Waals surface area (Å²) < 4.78 is 0. The van der Waals surface area contributed by atoms with Gasteiger partial charge in [-0.1, -0.05) is 49.4 Å². The van der Waals surface area contributed by atoms with Crippen molar-refractivity contribution in [1.29, 1.82) is 0 Å². The lowest BCUT2D eigenvalue weighted by Crippen LogP contribution is -2.14. The highest BCUT2D eigenvalue weighted by Gasteiger charge is 2.08. The Bertz CT molecular complexity index is 845. The lowest BCUT2D eigenvalue weighted by Gasteiger charge is -2.09. The number of benzene rings is 2. The van der Waals surface area contributed by atoms with Crippen molar-refractivity contribution in [1.82, 2.24) is 4.98 Å². The number of carbonyl (C=O) groups excluding carboxylic acids is 1. The lowest BCUT2D eigenvalue weighted by atomic mass is 10.1. The first-order valence-corrected chi connectivity index (χ1v) is 8.89. The van der Waals surface area contributed by atoms with Crippen LogP contribution in [0.25, 0.3) is 0 Å². The van der Waals surface area contributed by atoms with Gasteiger partial charge in [0.2, 0.25) is 0 Å². The molecule has 132 valence electrons. The Morgan fingerprint density at radius 3 is 2.42 bits per heavy atom. The average molecular weight is 345 g/mol. The van der Waals surface area contributed by atoms with Gasteiger partial charge in [-0.3, -0.25) is 9.78 Å². The number of pyridine rings is 1. The molecule has 2 N–H and O–H groups in total. The highest BCUT2D eigenvalue weighted by atomic mass is 16.1. The fourth-order valence-corrected chi connectivity index (χ4v) is 2.68. The number of hydrogen-bond donors (Lipinski definition) is 2. The van der Waals surface area contributed by atoms with E-state index in [0.717, 1.165) is 30.8 Å². The number of aromatic nitrogens is 1. The van der Waals surface area contributed by atoms with Crippen LogP contribution in [-0.4, -0.2) is 17.4 Å². The summed E-state index contributed by atoms with van der Waals surface area (Å²) in [5.41, 5.74) is 4.58. The van der Waals surface area contributed by atoms with E-state index in [1.807, 2.05) is 48.5 Å². The summed E-state index contributed by atoms with van der Waals surface area (Å²) in [5.74, 6) is -0.207. The van der Waals surface area contributed by atoms with Gasteiger partial charge in [0, 0.05) is 24.1 Å². The molecule has 0 aliphatic heterocycles. The number of rotatable bonds is 7. The quantitative estimate of drug-likeness (QED) is 0.660. The normalized spacial score (nSPS) is 10.3. The minimum atomic E-state index is -0.207. The van der Waals surface area contributed by atoms with Crippen molar-refractivity contribution in [2.24, 2.45) is 0 Å². The number of nitrogens with zero attached hydrogens (tertiary/aromatic N) is 1. The third kappa shape index (κ3) is 4.93. The van der Waals surface area contributed by atoms with E-state index < -0.39 is 0 Å². The molecule has 3 rings (SSSR count). The number of amides is 1. The predicted octanol–water partition coefficient (Wildman–Crippen LogP) is 4.55. The van der Waals surface area contributed by atoms with E-state index in [4.69, 9.17) is 0 Å². The van der Waals surface area contributed by atoms with E-state index in [1.165, 1.54) is 11.1 Å². The second-order valence-corrected chi connectivity index (χ2v) is 6.10. The van der Waals surface area contributed by atoms with Crippen molar-refractivity contribution in [2.75, 3.05) is 17.2 Å². The maximum absolute atomic E-state index is 12.4. The topological polar surface area (TPSA) is 54.0 Å². The van der Waals surface area contributed by atoms with Gasteiger partial charge in [0.05, 0.1) is 0 Å². The van der Waals surface area contributed by atoms with Gasteiger partial charge < -0.3 is 10.6 Å². The zero-order valence-corrected chi connectivity index (χ0v) is 14.9. The van der Waals surface area contributed by atoms with E-state index in [9.17, 15) is 4.79 Å². The van der Waals surface area contributed by atoms with E-state index in [-0.39, 0.29) is 5.91 Å². The maximum Gasteiger partial charge on any atom is 0.274 e. The third-order valence-corrected chi connectivity index (χ3v) is 4.20. The SMILES string of the molecule is CCc1ccc(NC(=O)c2cc(NCCc3ccccc3)ccn2)cc1. The molecule has 0 radical (unpaired) electrons. The van der Waals surface area contributed by atoms with Crippen LogP contribution in [-0.2, 0) is 12.8 Å². The molecule has 0 saturated carbocycles. The molecule has 26 heavy (non-hydrogen) atoms. The standard InChI is InChI=1S/C22H23N3O/c1-2-17-8-10-19(11-9-17)25-22(26)21-16-20(13-15-24-21)23-14-12-18-6-4-3-5-7-18/h3-11,13,15-16H,2,12,14H2,1H3,(H,23,24)(H,25,26). The molecule has 0 aliphatic rings. The van der Waals surface area contributed by atoms with Gasteiger partial charge in [0.15, 0.2) is 0 Å². The fraction of sp³-hybridized carbons (Fsp3) is 0.182. The first kappa shape index (κ1) is 17.7. The van der Waals surface area contributed by atoms with Crippen LogP contribution in [0, 0.1) is 0 Å². The van der Waals surface area contributed by atoms with Crippen LogP contribution < -0.4 is 10.6 Å². The maximum atomic E-state index is 12.4. The molecule has 0 bridgehead atoms. The van der Waals surface area contributed by atoms with Crippen molar-refractivity contribution < 1.29 is 4.79 Å².